The number of amides is 1. The number of rotatable bonds is 7. The number of nitriles is 1. The van der Waals surface area contributed by atoms with E-state index in [0.717, 1.165) is 11.3 Å². The molecular formula is C27H26F3N5O3. The van der Waals surface area contributed by atoms with Crippen molar-refractivity contribution in [1.29, 1.82) is 5.26 Å². The van der Waals surface area contributed by atoms with Crippen LogP contribution in [-0.4, -0.2) is 57.0 Å². The normalized spacial score (nSPS) is 17.4. The van der Waals surface area contributed by atoms with E-state index in [-0.39, 0.29) is 17.9 Å². The number of carbonyl (C=O) groups is 1. The Morgan fingerprint density at radius 3 is 2.50 bits per heavy atom. The molecule has 0 atom stereocenters. The first kappa shape index (κ1) is 25.6. The number of alkyl halides is 3. The average Bonchev–Trinajstić information content (AvgIpc) is 3.44. The molecule has 198 valence electrons. The van der Waals surface area contributed by atoms with E-state index >= 15 is 0 Å². The third kappa shape index (κ3) is 5.92. The molecule has 1 amide bonds. The lowest BCUT2D eigenvalue weighted by Crippen LogP contribution is -2.46. The summed E-state index contributed by atoms with van der Waals surface area (Å²) in [6.45, 7) is 3.03. The van der Waals surface area contributed by atoms with E-state index in [2.05, 4.69) is 25.3 Å². The van der Waals surface area contributed by atoms with Crippen LogP contribution in [0.4, 0.5) is 18.0 Å². The van der Waals surface area contributed by atoms with E-state index in [1.54, 1.807) is 24.5 Å². The van der Waals surface area contributed by atoms with Crippen molar-refractivity contribution in [1.82, 2.24) is 19.4 Å². The van der Waals surface area contributed by atoms with Gasteiger partial charge in [-0.1, -0.05) is 30.3 Å². The molecule has 3 aromatic rings. The molecule has 2 aliphatic heterocycles. The van der Waals surface area contributed by atoms with Crippen molar-refractivity contribution in [2.75, 3.05) is 19.6 Å². The fourth-order valence-corrected chi connectivity index (χ4v) is 4.99. The van der Waals surface area contributed by atoms with Crippen LogP contribution in [0.5, 0.6) is 5.75 Å². The predicted molar refractivity (Wildman–Crippen MR) is 130 cm³/mol. The maximum absolute atomic E-state index is 12.8. The van der Waals surface area contributed by atoms with Gasteiger partial charge in [-0.15, -0.1) is 13.2 Å². The molecule has 2 aromatic carbocycles. The Hall–Kier alpha value is -4.04. The second-order valence-electron chi connectivity index (χ2n) is 9.66. The maximum atomic E-state index is 12.8. The minimum Gasteiger partial charge on any atom is -0.441 e. The summed E-state index contributed by atoms with van der Waals surface area (Å²) in [6.07, 6.45) is -0.463. The highest BCUT2D eigenvalue weighted by Crippen LogP contribution is 2.36. The molecule has 0 radical (unpaired) electrons. The van der Waals surface area contributed by atoms with Crippen LogP contribution in [0.15, 0.2) is 61.1 Å². The number of nitrogens with zero attached hydrogens (tertiary/aromatic N) is 5. The first-order valence-electron chi connectivity index (χ1n) is 12.2. The highest BCUT2D eigenvalue weighted by molar-refractivity contribution is 5.71. The number of para-hydroxylation sites is 1. The van der Waals surface area contributed by atoms with Crippen molar-refractivity contribution in [3.05, 3.63) is 83.4 Å². The van der Waals surface area contributed by atoms with Crippen LogP contribution in [0.1, 0.15) is 35.2 Å². The SMILES string of the molecule is N#Cc1ccc(Cn2cncc2CN2CCC3(CC2)CN(Cc2ccccc2OC(F)(F)F)C(=O)O3)cc1. The first-order chi connectivity index (χ1) is 18.2. The standard InChI is InChI=1S/C27H26F3N5O3/c28-27(29,30)37-24-4-2-1-3-22(24)16-34-18-26(38-25(34)36)9-11-33(12-10-26)17-23-14-32-19-35(23)15-21-7-5-20(13-31)6-8-21/h1-8,14,19H,9-12,15-18H2. The van der Waals surface area contributed by atoms with E-state index in [1.165, 1.54) is 23.1 Å². The van der Waals surface area contributed by atoms with Gasteiger partial charge in [0.1, 0.15) is 11.4 Å². The molecule has 38 heavy (non-hydrogen) atoms. The van der Waals surface area contributed by atoms with Crippen LogP contribution in [0.25, 0.3) is 0 Å². The van der Waals surface area contributed by atoms with Gasteiger partial charge in [-0.05, 0) is 23.8 Å². The number of hydrogen-bond donors (Lipinski definition) is 0. The van der Waals surface area contributed by atoms with E-state index < -0.39 is 18.1 Å². The number of benzene rings is 2. The van der Waals surface area contributed by atoms with Crippen molar-refractivity contribution in [2.24, 2.45) is 0 Å². The van der Waals surface area contributed by atoms with E-state index in [1.807, 2.05) is 18.3 Å². The molecule has 11 heteroatoms. The maximum Gasteiger partial charge on any atom is 0.573 e. The Kier molecular flexibility index (Phi) is 6.99. The largest absolute Gasteiger partial charge is 0.573 e. The summed E-state index contributed by atoms with van der Waals surface area (Å²) in [4.78, 5) is 20.7. The van der Waals surface area contributed by atoms with Crippen molar-refractivity contribution in [2.45, 2.75) is 44.4 Å². The summed E-state index contributed by atoms with van der Waals surface area (Å²) in [6, 6.07) is 15.4. The highest BCUT2D eigenvalue weighted by Gasteiger charge is 2.47. The van der Waals surface area contributed by atoms with Crippen molar-refractivity contribution in [3.8, 4) is 11.8 Å². The highest BCUT2D eigenvalue weighted by atomic mass is 19.4. The molecule has 1 aromatic heterocycles. The summed E-state index contributed by atoms with van der Waals surface area (Å²) >= 11 is 0. The fourth-order valence-electron chi connectivity index (χ4n) is 4.99. The smallest absolute Gasteiger partial charge is 0.441 e. The van der Waals surface area contributed by atoms with Crippen LogP contribution < -0.4 is 4.74 Å². The summed E-state index contributed by atoms with van der Waals surface area (Å²) in [5, 5.41) is 8.99. The minimum absolute atomic E-state index is 0.0227. The van der Waals surface area contributed by atoms with Gasteiger partial charge < -0.3 is 14.0 Å². The molecule has 0 saturated carbocycles. The summed E-state index contributed by atoms with van der Waals surface area (Å²) < 4.78 is 50.3. The Morgan fingerprint density at radius 1 is 1.05 bits per heavy atom. The summed E-state index contributed by atoms with van der Waals surface area (Å²) in [5.74, 6) is -0.318. The van der Waals surface area contributed by atoms with Gasteiger partial charge in [-0.25, -0.2) is 9.78 Å². The zero-order chi connectivity index (χ0) is 26.8. The van der Waals surface area contributed by atoms with Gasteiger partial charge in [0.05, 0.1) is 36.7 Å². The van der Waals surface area contributed by atoms with E-state index in [9.17, 15) is 18.0 Å². The van der Waals surface area contributed by atoms with Gasteiger partial charge in [0.15, 0.2) is 0 Å². The van der Waals surface area contributed by atoms with Gasteiger partial charge in [0.2, 0.25) is 0 Å². The van der Waals surface area contributed by atoms with Gasteiger partial charge in [0.25, 0.3) is 0 Å². The van der Waals surface area contributed by atoms with Crippen molar-refractivity contribution in [3.63, 3.8) is 0 Å². The second-order valence-corrected chi connectivity index (χ2v) is 9.66. The van der Waals surface area contributed by atoms with Crippen LogP contribution in [0.2, 0.25) is 0 Å². The van der Waals surface area contributed by atoms with Gasteiger partial charge >= 0.3 is 12.5 Å². The quantitative estimate of drug-likeness (QED) is 0.445. The molecule has 5 rings (SSSR count). The summed E-state index contributed by atoms with van der Waals surface area (Å²) in [5.41, 5.74) is 2.35. The second kappa shape index (κ2) is 10.4. The Morgan fingerprint density at radius 2 is 1.79 bits per heavy atom. The summed E-state index contributed by atoms with van der Waals surface area (Å²) in [7, 11) is 0. The van der Waals surface area contributed by atoms with Gasteiger partial charge in [-0.3, -0.25) is 9.80 Å². The van der Waals surface area contributed by atoms with E-state index in [4.69, 9.17) is 10.00 Å². The first-order valence-corrected chi connectivity index (χ1v) is 12.2. The topological polar surface area (TPSA) is 83.6 Å². The molecule has 3 heterocycles. The molecule has 0 unspecified atom stereocenters. The molecule has 2 saturated heterocycles. The van der Waals surface area contributed by atoms with Crippen molar-refractivity contribution >= 4 is 6.09 Å². The van der Waals surface area contributed by atoms with Crippen LogP contribution in [0, 0.1) is 11.3 Å². The van der Waals surface area contributed by atoms with Crippen molar-refractivity contribution < 1.29 is 27.4 Å². The van der Waals surface area contributed by atoms with Crippen LogP contribution >= 0.6 is 0 Å². The number of halogens is 3. The molecule has 0 N–H and O–H groups in total. The van der Waals surface area contributed by atoms with Gasteiger partial charge in [0, 0.05) is 50.8 Å². The average molecular weight is 526 g/mol. The lowest BCUT2D eigenvalue weighted by atomic mass is 9.91. The number of hydrogen-bond acceptors (Lipinski definition) is 6. The molecule has 2 aliphatic rings. The number of ether oxygens (including phenoxy) is 2. The number of imidazole rings is 1. The Labute approximate surface area is 217 Å². The number of piperidine rings is 1. The molecular weight excluding hydrogens is 499 g/mol. The Bertz CT molecular complexity index is 1320. The number of carbonyl (C=O) groups excluding carboxylic acids is 1. The number of likely N-dealkylation sites (tertiary alicyclic amines) is 1. The Balaban J connectivity index is 1.17. The molecule has 1 spiro atoms. The fraction of sp³-hybridized carbons (Fsp3) is 0.370. The molecule has 8 nitrogen and oxygen atoms in total. The third-order valence-corrected chi connectivity index (χ3v) is 6.99. The minimum atomic E-state index is -4.81. The third-order valence-electron chi connectivity index (χ3n) is 6.99. The lowest BCUT2D eigenvalue weighted by molar-refractivity contribution is -0.275. The lowest BCUT2D eigenvalue weighted by Gasteiger charge is -2.37. The predicted octanol–water partition coefficient (Wildman–Crippen LogP) is 4.69. The zero-order valence-corrected chi connectivity index (χ0v) is 20.5. The van der Waals surface area contributed by atoms with Crippen LogP contribution in [-0.2, 0) is 24.4 Å². The van der Waals surface area contributed by atoms with Crippen LogP contribution in [0.3, 0.4) is 0 Å². The molecule has 2 fully saturated rings. The van der Waals surface area contributed by atoms with E-state index in [0.29, 0.717) is 51.1 Å². The molecule has 0 bridgehead atoms. The van der Waals surface area contributed by atoms with Gasteiger partial charge in [-0.2, -0.15) is 5.26 Å². The number of aromatic nitrogens is 2. The zero-order valence-electron chi connectivity index (χ0n) is 20.5. The molecule has 0 aliphatic carbocycles. The monoisotopic (exact) mass is 525 g/mol.